The van der Waals surface area contributed by atoms with Crippen molar-refractivity contribution < 1.29 is 14.3 Å². The van der Waals surface area contributed by atoms with Gasteiger partial charge in [0.25, 0.3) is 0 Å². The predicted octanol–water partition coefficient (Wildman–Crippen LogP) is 3.18. The molecule has 2 aromatic rings. The zero-order chi connectivity index (χ0) is 21.4. The lowest BCUT2D eigenvalue weighted by Gasteiger charge is -2.53. The molecule has 1 aromatic heterocycles. The lowest BCUT2D eigenvalue weighted by Crippen LogP contribution is -2.60. The number of ether oxygens (including phenoxy) is 2. The van der Waals surface area contributed by atoms with Crippen LogP contribution in [-0.4, -0.2) is 66.7 Å². The maximum atomic E-state index is 13.4. The van der Waals surface area contributed by atoms with Crippen LogP contribution in [0.1, 0.15) is 42.9 Å². The number of aromatic nitrogens is 1. The number of carbonyl (C=O) groups is 1. The highest BCUT2D eigenvalue weighted by Crippen LogP contribution is 2.50. The number of likely N-dealkylation sites (tertiary alicyclic amines) is 2. The first-order valence-electron chi connectivity index (χ1n) is 11.3. The predicted molar refractivity (Wildman–Crippen MR) is 118 cm³/mol. The number of methoxy groups -OCH3 is 2. The summed E-state index contributed by atoms with van der Waals surface area (Å²) in [5.74, 6) is 1.14. The van der Waals surface area contributed by atoms with E-state index >= 15 is 0 Å². The second-order valence-corrected chi connectivity index (χ2v) is 9.03. The minimum absolute atomic E-state index is 0.229. The second-order valence-electron chi connectivity index (χ2n) is 9.03. The molecule has 3 heterocycles. The van der Waals surface area contributed by atoms with E-state index in [9.17, 15) is 4.79 Å². The van der Waals surface area contributed by atoms with E-state index in [1.807, 2.05) is 24.5 Å². The summed E-state index contributed by atoms with van der Waals surface area (Å²) in [6, 6.07) is 13.0. The van der Waals surface area contributed by atoms with E-state index in [1.54, 1.807) is 14.2 Å². The van der Waals surface area contributed by atoms with Gasteiger partial charge in [0.05, 0.1) is 24.7 Å². The van der Waals surface area contributed by atoms with Crippen molar-refractivity contribution in [3.05, 3.63) is 59.9 Å². The van der Waals surface area contributed by atoms with Crippen molar-refractivity contribution in [1.82, 2.24) is 14.8 Å². The molecule has 0 spiro atoms. The molecule has 2 saturated heterocycles. The molecule has 1 aromatic carbocycles. The SMILES string of the molecule is COc1ccc(C2(C(=O)N3CCC(N4C[C@H](OC)[C@@H]4c4ccncc4)CC3)CC2)cc1. The summed E-state index contributed by atoms with van der Waals surface area (Å²) in [4.78, 5) is 22.2. The number of carbonyl (C=O) groups excluding carboxylic acids is 1. The molecular weight excluding hydrogens is 390 g/mol. The van der Waals surface area contributed by atoms with Crippen molar-refractivity contribution >= 4 is 5.91 Å². The van der Waals surface area contributed by atoms with Crippen molar-refractivity contribution in [2.45, 2.75) is 49.3 Å². The monoisotopic (exact) mass is 421 g/mol. The first-order valence-corrected chi connectivity index (χ1v) is 11.3. The van der Waals surface area contributed by atoms with E-state index in [1.165, 1.54) is 5.56 Å². The van der Waals surface area contributed by atoms with Gasteiger partial charge in [0.1, 0.15) is 5.75 Å². The van der Waals surface area contributed by atoms with Gasteiger partial charge in [-0.1, -0.05) is 12.1 Å². The largest absolute Gasteiger partial charge is 0.497 e. The van der Waals surface area contributed by atoms with E-state index in [0.717, 1.165) is 56.6 Å². The summed E-state index contributed by atoms with van der Waals surface area (Å²) in [6.45, 7) is 2.62. The molecule has 5 rings (SSSR count). The highest BCUT2D eigenvalue weighted by atomic mass is 16.5. The molecule has 31 heavy (non-hydrogen) atoms. The third-order valence-corrected chi connectivity index (χ3v) is 7.47. The van der Waals surface area contributed by atoms with Gasteiger partial charge < -0.3 is 14.4 Å². The van der Waals surface area contributed by atoms with Crippen LogP contribution >= 0.6 is 0 Å². The fourth-order valence-electron chi connectivity index (χ4n) is 5.41. The Balaban J connectivity index is 1.23. The van der Waals surface area contributed by atoms with Crippen LogP contribution in [0.4, 0.5) is 0 Å². The van der Waals surface area contributed by atoms with Crippen LogP contribution in [0.3, 0.4) is 0 Å². The lowest BCUT2D eigenvalue weighted by atomic mass is 9.87. The summed E-state index contributed by atoms with van der Waals surface area (Å²) in [5.41, 5.74) is 2.09. The number of nitrogens with zero attached hydrogens (tertiary/aromatic N) is 3. The lowest BCUT2D eigenvalue weighted by molar-refractivity contribution is -0.140. The van der Waals surface area contributed by atoms with Gasteiger partial charge in [-0.2, -0.15) is 0 Å². The normalized spacial score (nSPS) is 25.7. The van der Waals surface area contributed by atoms with Gasteiger partial charge in [0.15, 0.2) is 0 Å². The first kappa shape index (κ1) is 20.5. The van der Waals surface area contributed by atoms with Crippen LogP contribution < -0.4 is 4.74 Å². The van der Waals surface area contributed by atoms with Crippen LogP contribution in [0, 0.1) is 0 Å². The van der Waals surface area contributed by atoms with Crippen LogP contribution in [0.5, 0.6) is 5.75 Å². The van der Waals surface area contributed by atoms with Crippen molar-refractivity contribution in [1.29, 1.82) is 0 Å². The molecule has 0 radical (unpaired) electrons. The average Bonchev–Trinajstić information content (AvgIpc) is 3.62. The highest BCUT2D eigenvalue weighted by molar-refractivity contribution is 5.91. The molecule has 1 amide bonds. The van der Waals surface area contributed by atoms with Crippen molar-refractivity contribution in [2.75, 3.05) is 33.9 Å². The number of piperidine rings is 1. The summed E-state index contributed by atoms with van der Waals surface area (Å²) < 4.78 is 11.0. The van der Waals surface area contributed by atoms with E-state index in [2.05, 4.69) is 39.0 Å². The zero-order valence-electron chi connectivity index (χ0n) is 18.4. The van der Waals surface area contributed by atoms with Crippen LogP contribution in [0.15, 0.2) is 48.8 Å². The maximum Gasteiger partial charge on any atom is 0.233 e. The van der Waals surface area contributed by atoms with Crippen LogP contribution in [-0.2, 0) is 14.9 Å². The fourth-order valence-corrected chi connectivity index (χ4v) is 5.41. The van der Waals surface area contributed by atoms with E-state index < -0.39 is 0 Å². The smallest absolute Gasteiger partial charge is 0.233 e. The van der Waals surface area contributed by atoms with E-state index in [4.69, 9.17) is 9.47 Å². The van der Waals surface area contributed by atoms with Gasteiger partial charge in [-0.25, -0.2) is 0 Å². The third kappa shape index (κ3) is 3.62. The summed E-state index contributed by atoms with van der Waals surface area (Å²) in [5, 5.41) is 0. The molecule has 2 aliphatic heterocycles. The van der Waals surface area contributed by atoms with E-state index in [0.29, 0.717) is 11.9 Å². The van der Waals surface area contributed by atoms with Gasteiger partial charge in [-0.05, 0) is 61.1 Å². The third-order valence-electron chi connectivity index (χ3n) is 7.47. The standard InChI is InChI=1S/C25H31N3O3/c1-30-21-5-3-19(4-6-21)25(11-12-25)24(29)27-15-9-20(10-16-27)28-17-22(31-2)23(28)18-7-13-26-14-8-18/h3-8,13-14,20,22-23H,9-12,15-17H2,1-2H3/t22-,23-/m0/s1. The van der Waals surface area contributed by atoms with Crippen molar-refractivity contribution in [3.63, 3.8) is 0 Å². The van der Waals surface area contributed by atoms with Gasteiger partial charge in [-0.3, -0.25) is 14.7 Å². The number of benzene rings is 1. The number of pyridine rings is 1. The van der Waals surface area contributed by atoms with Crippen molar-refractivity contribution in [2.24, 2.45) is 0 Å². The first-order chi connectivity index (χ1) is 15.2. The van der Waals surface area contributed by atoms with Crippen LogP contribution in [0.2, 0.25) is 0 Å². The molecule has 1 aliphatic carbocycles. The summed E-state index contributed by atoms with van der Waals surface area (Å²) >= 11 is 0. The fraction of sp³-hybridized carbons (Fsp3) is 0.520. The topological polar surface area (TPSA) is 54.9 Å². The second kappa shape index (κ2) is 8.24. The number of amides is 1. The Labute approximate surface area is 184 Å². The Bertz CT molecular complexity index is 905. The van der Waals surface area contributed by atoms with E-state index in [-0.39, 0.29) is 17.6 Å². The minimum atomic E-state index is -0.309. The number of hydrogen-bond acceptors (Lipinski definition) is 5. The number of rotatable bonds is 6. The zero-order valence-corrected chi connectivity index (χ0v) is 18.4. The molecule has 0 bridgehead atoms. The molecule has 3 fully saturated rings. The molecule has 6 heteroatoms. The molecular formula is C25H31N3O3. The quantitative estimate of drug-likeness (QED) is 0.717. The van der Waals surface area contributed by atoms with Gasteiger partial charge in [0.2, 0.25) is 5.91 Å². The molecule has 2 atom stereocenters. The van der Waals surface area contributed by atoms with Crippen LogP contribution in [0.25, 0.3) is 0 Å². The highest BCUT2D eigenvalue weighted by Gasteiger charge is 2.53. The molecule has 6 nitrogen and oxygen atoms in total. The summed E-state index contributed by atoms with van der Waals surface area (Å²) in [7, 11) is 3.47. The Hall–Kier alpha value is -2.44. The molecule has 0 N–H and O–H groups in total. The van der Waals surface area contributed by atoms with Gasteiger partial charge in [-0.15, -0.1) is 0 Å². The molecule has 164 valence electrons. The van der Waals surface area contributed by atoms with Gasteiger partial charge in [0, 0.05) is 45.2 Å². The minimum Gasteiger partial charge on any atom is -0.497 e. The molecule has 0 unspecified atom stereocenters. The Morgan fingerprint density at radius 2 is 1.71 bits per heavy atom. The molecule has 1 saturated carbocycles. The summed E-state index contributed by atoms with van der Waals surface area (Å²) in [6.07, 6.45) is 7.87. The maximum absolute atomic E-state index is 13.4. The Kier molecular flexibility index (Phi) is 5.44. The Morgan fingerprint density at radius 1 is 1.03 bits per heavy atom. The van der Waals surface area contributed by atoms with Crippen molar-refractivity contribution in [3.8, 4) is 5.75 Å². The molecule has 3 aliphatic rings. The van der Waals surface area contributed by atoms with Gasteiger partial charge >= 0.3 is 0 Å². The average molecular weight is 422 g/mol. The number of hydrogen-bond donors (Lipinski definition) is 0. The Morgan fingerprint density at radius 3 is 2.29 bits per heavy atom.